The van der Waals surface area contributed by atoms with Crippen LogP contribution >= 0.6 is 11.6 Å². The van der Waals surface area contributed by atoms with E-state index in [0.717, 1.165) is 12.1 Å². The van der Waals surface area contributed by atoms with Gasteiger partial charge in [0.15, 0.2) is 0 Å². The van der Waals surface area contributed by atoms with E-state index in [4.69, 9.17) is 16.7 Å². The molecule has 0 aliphatic carbocycles. The van der Waals surface area contributed by atoms with E-state index in [9.17, 15) is 4.79 Å². The highest BCUT2D eigenvalue weighted by Crippen LogP contribution is 2.25. The molecule has 4 heteroatoms. The minimum absolute atomic E-state index is 0.223. The number of hydrogen-bond acceptors (Lipinski definition) is 2. The zero-order chi connectivity index (χ0) is 13.0. The summed E-state index contributed by atoms with van der Waals surface area (Å²) in [5.74, 6) is -0.970. The highest BCUT2D eigenvalue weighted by atomic mass is 35.5. The molecule has 1 aromatic rings. The van der Waals surface area contributed by atoms with E-state index < -0.39 is 5.97 Å². The second-order valence-electron chi connectivity index (χ2n) is 3.94. The highest BCUT2D eigenvalue weighted by Gasteiger charge is 2.15. The SMILES string of the molecule is C=C(C)CN(CC)c1ccc(Cl)cc1C(=O)O. The molecule has 0 fully saturated rings. The topological polar surface area (TPSA) is 40.5 Å². The summed E-state index contributed by atoms with van der Waals surface area (Å²) in [4.78, 5) is 13.1. The van der Waals surface area contributed by atoms with Gasteiger partial charge in [-0.2, -0.15) is 0 Å². The molecular formula is C13H16ClNO2. The minimum Gasteiger partial charge on any atom is -0.478 e. The lowest BCUT2D eigenvalue weighted by Gasteiger charge is -2.24. The van der Waals surface area contributed by atoms with Gasteiger partial charge in [0.25, 0.3) is 0 Å². The molecule has 0 bridgehead atoms. The summed E-state index contributed by atoms with van der Waals surface area (Å²) in [6.07, 6.45) is 0. The fourth-order valence-corrected chi connectivity index (χ4v) is 1.82. The molecule has 0 atom stereocenters. The van der Waals surface area contributed by atoms with Crippen LogP contribution in [0.3, 0.4) is 0 Å². The third kappa shape index (κ3) is 3.49. The minimum atomic E-state index is -0.970. The van der Waals surface area contributed by atoms with Gasteiger partial charge >= 0.3 is 5.97 Å². The van der Waals surface area contributed by atoms with Crippen molar-refractivity contribution in [2.24, 2.45) is 0 Å². The average Bonchev–Trinajstić information content (AvgIpc) is 2.25. The van der Waals surface area contributed by atoms with Crippen molar-refractivity contribution >= 4 is 23.3 Å². The third-order valence-electron chi connectivity index (χ3n) is 2.37. The van der Waals surface area contributed by atoms with Gasteiger partial charge in [-0.25, -0.2) is 4.79 Å². The number of halogens is 1. The fourth-order valence-electron chi connectivity index (χ4n) is 1.65. The molecule has 0 aliphatic rings. The quantitative estimate of drug-likeness (QED) is 0.818. The number of carboxylic acids is 1. The number of anilines is 1. The van der Waals surface area contributed by atoms with Gasteiger partial charge in [0.05, 0.1) is 11.3 Å². The molecule has 0 spiro atoms. The van der Waals surface area contributed by atoms with Crippen LogP contribution in [0.25, 0.3) is 0 Å². The van der Waals surface area contributed by atoms with Crippen molar-refractivity contribution in [3.8, 4) is 0 Å². The van der Waals surface area contributed by atoms with Crippen LogP contribution in [0.5, 0.6) is 0 Å². The lowest BCUT2D eigenvalue weighted by Crippen LogP contribution is -2.26. The van der Waals surface area contributed by atoms with Gasteiger partial charge in [0.2, 0.25) is 0 Å². The first-order chi connectivity index (χ1) is 7.95. The lowest BCUT2D eigenvalue weighted by molar-refractivity contribution is 0.0697. The Morgan fingerprint density at radius 2 is 2.18 bits per heavy atom. The van der Waals surface area contributed by atoms with Crippen molar-refractivity contribution in [1.29, 1.82) is 0 Å². The molecule has 0 saturated carbocycles. The first-order valence-electron chi connectivity index (χ1n) is 5.38. The van der Waals surface area contributed by atoms with E-state index in [1.807, 2.05) is 18.7 Å². The van der Waals surface area contributed by atoms with E-state index in [-0.39, 0.29) is 5.56 Å². The fraction of sp³-hybridized carbons (Fsp3) is 0.308. The lowest BCUT2D eigenvalue weighted by atomic mass is 10.1. The maximum absolute atomic E-state index is 11.2. The second-order valence-corrected chi connectivity index (χ2v) is 4.37. The number of nitrogens with zero attached hydrogens (tertiary/aromatic N) is 1. The molecule has 0 saturated heterocycles. The summed E-state index contributed by atoms with van der Waals surface area (Å²) in [6.45, 7) is 9.09. The van der Waals surface area contributed by atoms with Crippen LogP contribution in [0.15, 0.2) is 30.4 Å². The molecule has 0 aliphatic heterocycles. The van der Waals surface area contributed by atoms with Gasteiger partial charge in [-0.1, -0.05) is 23.8 Å². The first-order valence-corrected chi connectivity index (χ1v) is 5.75. The van der Waals surface area contributed by atoms with Gasteiger partial charge in [-0.15, -0.1) is 0 Å². The molecular weight excluding hydrogens is 238 g/mol. The maximum atomic E-state index is 11.2. The standard InChI is InChI=1S/C13H16ClNO2/c1-4-15(8-9(2)3)12-6-5-10(14)7-11(12)13(16)17/h5-7H,2,4,8H2,1,3H3,(H,16,17). The third-order valence-corrected chi connectivity index (χ3v) is 2.61. The van der Waals surface area contributed by atoms with Gasteiger partial charge in [0.1, 0.15) is 0 Å². The number of likely N-dealkylation sites (N-methyl/N-ethyl adjacent to an activating group) is 1. The van der Waals surface area contributed by atoms with Crippen LogP contribution in [0.4, 0.5) is 5.69 Å². The van der Waals surface area contributed by atoms with Crippen molar-refractivity contribution in [1.82, 2.24) is 0 Å². The Morgan fingerprint density at radius 1 is 1.53 bits per heavy atom. The van der Waals surface area contributed by atoms with Crippen molar-refractivity contribution < 1.29 is 9.90 Å². The summed E-state index contributed by atoms with van der Waals surface area (Å²) in [7, 11) is 0. The predicted octanol–water partition coefficient (Wildman–Crippen LogP) is 3.44. The molecule has 0 unspecified atom stereocenters. The van der Waals surface area contributed by atoms with Gasteiger partial charge in [0, 0.05) is 18.1 Å². The Bertz CT molecular complexity index is 443. The number of aromatic carboxylic acids is 1. The zero-order valence-electron chi connectivity index (χ0n) is 10.0. The number of benzene rings is 1. The molecule has 3 nitrogen and oxygen atoms in total. The van der Waals surface area contributed by atoms with Crippen LogP contribution in [0.2, 0.25) is 5.02 Å². The summed E-state index contributed by atoms with van der Waals surface area (Å²) in [5.41, 5.74) is 1.88. The zero-order valence-corrected chi connectivity index (χ0v) is 10.8. The molecule has 0 radical (unpaired) electrons. The normalized spacial score (nSPS) is 10.1. The molecule has 0 heterocycles. The number of carboxylic acid groups (broad SMARTS) is 1. The van der Waals surface area contributed by atoms with Crippen LogP contribution in [0.1, 0.15) is 24.2 Å². The molecule has 0 amide bonds. The van der Waals surface area contributed by atoms with E-state index >= 15 is 0 Å². The number of hydrogen-bond donors (Lipinski definition) is 1. The smallest absolute Gasteiger partial charge is 0.337 e. The van der Waals surface area contributed by atoms with Crippen LogP contribution in [-0.2, 0) is 0 Å². The van der Waals surface area contributed by atoms with E-state index in [0.29, 0.717) is 17.3 Å². The Kier molecular flexibility index (Phi) is 4.58. The summed E-state index contributed by atoms with van der Waals surface area (Å²) in [6, 6.07) is 4.91. The predicted molar refractivity (Wildman–Crippen MR) is 71.1 cm³/mol. The van der Waals surface area contributed by atoms with E-state index in [1.165, 1.54) is 6.07 Å². The molecule has 1 aromatic carbocycles. The molecule has 17 heavy (non-hydrogen) atoms. The van der Waals surface area contributed by atoms with Crippen molar-refractivity contribution in [2.45, 2.75) is 13.8 Å². The van der Waals surface area contributed by atoms with E-state index in [1.54, 1.807) is 12.1 Å². The number of rotatable bonds is 5. The molecule has 92 valence electrons. The number of carbonyl (C=O) groups is 1. The van der Waals surface area contributed by atoms with Crippen LogP contribution in [-0.4, -0.2) is 24.2 Å². The first kappa shape index (κ1) is 13.6. The Morgan fingerprint density at radius 3 is 2.65 bits per heavy atom. The largest absolute Gasteiger partial charge is 0.478 e. The maximum Gasteiger partial charge on any atom is 0.337 e. The van der Waals surface area contributed by atoms with Crippen molar-refractivity contribution in [3.05, 3.63) is 40.9 Å². The van der Waals surface area contributed by atoms with Gasteiger partial charge in [-0.05, 0) is 32.0 Å². The second kappa shape index (κ2) is 5.73. The molecule has 1 rings (SSSR count). The Hall–Kier alpha value is -1.48. The van der Waals surface area contributed by atoms with Crippen LogP contribution in [0, 0.1) is 0 Å². The summed E-state index contributed by atoms with van der Waals surface area (Å²) in [5, 5.41) is 9.59. The van der Waals surface area contributed by atoms with Crippen LogP contribution < -0.4 is 4.90 Å². The Labute approximate surface area is 106 Å². The van der Waals surface area contributed by atoms with E-state index in [2.05, 4.69) is 6.58 Å². The molecule has 1 N–H and O–H groups in total. The van der Waals surface area contributed by atoms with Crippen molar-refractivity contribution in [3.63, 3.8) is 0 Å². The summed E-state index contributed by atoms with van der Waals surface area (Å²) < 4.78 is 0. The Balaban J connectivity index is 3.18. The molecule has 0 aromatic heterocycles. The summed E-state index contributed by atoms with van der Waals surface area (Å²) >= 11 is 5.82. The van der Waals surface area contributed by atoms with Crippen molar-refractivity contribution in [2.75, 3.05) is 18.0 Å². The monoisotopic (exact) mass is 253 g/mol. The van der Waals surface area contributed by atoms with Gasteiger partial charge in [-0.3, -0.25) is 0 Å². The average molecular weight is 254 g/mol. The van der Waals surface area contributed by atoms with Gasteiger partial charge < -0.3 is 10.0 Å². The highest BCUT2D eigenvalue weighted by molar-refractivity contribution is 6.31.